The predicted molar refractivity (Wildman–Crippen MR) is 346 cm³/mol. The van der Waals surface area contributed by atoms with E-state index in [0.717, 1.165) is 96.6 Å². The van der Waals surface area contributed by atoms with Gasteiger partial charge in [-0.15, -0.1) is 89.0 Å². The van der Waals surface area contributed by atoms with Crippen molar-refractivity contribution in [3.05, 3.63) is 239 Å². The van der Waals surface area contributed by atoms with Gasteiger partial charge in [0.05, 0.1) is 11.3 Å². The van der Waals surface area contributed by atoms with Crippen LogP contribution in [0.4, 0.5) is 0 Å². The Hall–Kier alpha value is -7.26. The van der Waals surface area contributed by atoms with Crippen molar-refractivity contribution in [2.45, 2.75) is 117 Å². The standard InChI is InChI=1S/C24H23NO.C24H22NO.2C13H12N.2CH4O.2Ir/c2*1-16-15-25-22(14-21(16)17-8-3-2-4-9-17)20-12-7-11-19-18-10-5-6-13-23(18)26-24(19)20;2*1-10-3-6-12(7-4-10)13-8-5-11(2)9-14-13;2*1-2;;/h5-7,10-15,17H,2-4,8-9H2,1H3;5-7,10-11,13-15,17H,2-4,8-9H2,1H3;2*3-6,8-9H,1-2H3;2*2H,1H3;;/q;3*-1;;;;/i2*1D3,17D;2*1D3,2D3;;;;. The third kappa shape index (κ3) is 16.2. The molecular formula is C76H77Ir2N4O4-3. The van der Waals surface area contributed by atoms with Gasteiger partial charge in [-0.3, -0.25) is 4.98 Å². The maximum absolute atomic E-state index is 9.09. The maximum Gasteiger partial charge on any atom is 0.144 e. The van der Waals surface area contributed by atoms with E-state index in [2.05, 4.69) is 38.1 Å². The first-order chi connectivity index (χ1) is 49.1. The number of hydrogen-bond donors (Lipinski definition) is 2. The van der Waals surface area contributed by atoms with Gasteiger partial charge < -0.3 is 34.0 Å². The number of aromatic nitrogens is 4. The summed E-state index contributed by atoms with van der Waals surface area (Å²) >= 11 is 0. The van der Waals surface area contributed by atoms with Crippen LogP contribution in [0.15, 0.2) is 185 Å². The molecule has 446 valence electrons. The zero-order chi connectivity index (χ0) is 75.8. The van der Waals surface area contributed by atoms with E-state index < -0.39 is 52.9 Å². The van der Waals surface area contributed by atoms with Gasteiger partial charge in [-0.2, -0.15) is 0 Å². The summed E-state index contributed by atoms with van der Waals surface area (Å²) in [5.74, 6) is -1.79. The molecule has 8 nitrogen and oxygen atoms in total. The average molecular weight is 1520 g/mol. The Morgan fingerprint density at radius 2 is 0.884 bits per heavy atom. The summed E-state index contributed by atoms with van der Waals surface area (Å²) in [5.41, 5.74) is 10.4. The normalized spacial score (nSPS) is 18.0. The Labute approximate surface area is 563 Å². The number of furan rings is 2. The molecule has 0 bridgehead atoms. The van der Waals surface area contributed by atoms with Crippen LogP contribution in [0.1, 0.15) is 148 Å². The Balaban J connectivity index is 0.000000196. The number of rotatable bonds is 6. The molecule has 6 aromatic carbocycles. The van der Waals surface area contributed by atoms with Crippen molar-refractivity contribution in [1.82, 2.24) is 19.9 Å². The van der Waals surface area contributed by atoms with Crippen molar-refractivity contribution in [2.75, 3.05) is 14.2 Å². The molecule has 2 fully saturated rings. The number of aliphatic hydroxyl groups is 2. The molecule has 12 aromatic rings. The summed E-state index contributed by atoms with van der Waals surface area (Å²) in [6.45, 7) is -13.3. The van der Waals surface area contributed by atoms with Crippen LogP contribution in [0.5, 0.6) is 0 Å². The zero-order valence-corrected chi connectivity index (χ0v) is 52.3. The van der Waals surface area contributed by atoms with Gasteiger partial charge in [-0.05, 0) is 140 Å². The van der Waals surface area contributed by atoms with Crippen LogP contribution in [-0.2, 0) is 40.2 Å². The minimum Gasteiger partial charge on any atom is -0.501 e. The van der Waals surface area contributed by atoms with Gasteiger partial charge in [0, 0.05) is 128 Å². The van der Waals surface area contributed by atoms with Crippen molar-refractivity contribution < 1.29 is 86.7 Å². The van der Waals surface area contributed by atoms with Crippen LogP contribution in [0.3, 0.4) is 0 Å². The summed E-state index contributed by atoms with van der Waals surface area (Å²) in [5, 5.41) is 18.0. The fourth-order valence-electron chi connectivity index (χ4n) is 10.4. The van der Waals surface area contributed by atoms with Gasteiger partial charge in [0.2, 0.25) is 0 Å². The van der Waals surface area contributed by atoms with Crippen LogP contribution >= 0.6 is 0 Å². The number of fused-ring (bicyclic) bond motifs is 6. The predicted octanol–water partition coefficient (Wildman–Crippen LogP) is 19.4. The molecule has 0 atom stereocenters. The van der Waals surface area contributed by atoms with E-state index in [1.54, 1.807) is 30.3 Å². The molecule has 2 N–H and O–H groups in total. The quantitative estimate of drug-likeness (QED) is 0.158. The molecule has 0 unspecified atom stereocenters. The molecule has 10 heteroatoms. The van der Waals surface area contributed by atoms with Gasteiger partial charge in [-0.25, -0.2) is 0 Å². The summed E-state index contributed by atoms with van der Waals surface area (Å²) < 4.78 is 166. The van der Waals surface area contributed by atoms with Gasteiger partial charge in [0.1, 0.15) is 16.7 Å². The molecule has 2 radical (unpaired) electrons. The molecule has 2 saturated carbocycles. The minimum absolute atomic E-state index is 0. The van der Waals surface area contributed by atoms with E-state index in [-0.39, 0.29) is 73.6 Å². The van der Waals surface area contributed by atoms with Crippen LogP contribution in [0.25, 0.3) is 88.9 Å². The van der Waals surface area contributed by atoms with E-state index in [9.17, 15) is 0 Å². The molecule has 2 aliphatic rings. The van der Waals surface area contributed by atoms with Gasteiger partial charge in [0.15, 0.2) is 0 Å². The van der Waals surface area contributed by atoms with Crippen LogP contribution in [-0.4, -0.2) is 44.4 Å². The average Bonchev–Trinajstić information content (AvgIpc) is 1.35. The molecular weight excluding hydrogens is 1420 g/mol. The third-order valence-corrected chi connectivity index (χ3v) is 14.5. The van der Waals surface area contributed by atoms with Crippen molar-refractivity contribution in [2.24, 2.45) is 0 Å². The number of aliphatic hydroxyl groups excluding tert-OH is 2. The Morgan fingerprint density at radius 1 is 0.430 bits per heavy atom. The second-order valence-electron chi connectivity index (χ2n) is 19.9. The summed E-state index contributed by atoms with van der Waals surface area (Å²) in [6.07, 6.45) is 14.1. The topological polar surface area (TPSA) is 118 Å². The van der Waals surface area contributed by atoms with Crippen molar-refractivity contribution in [1.29, 1.82) is 0 Å². The van der Waals surface area contributed by atoms with Crippen molar-refractivity contribution >= 4 is 43.9 Å². The Morgan fingerprint density at radius 3 is 1.36 bits per heavy atom. The molecule has 86 heavy (non-hydrogen) atoms. The van der Waals surface area contributed by atoms with Crippen LogP contribution < -0.4 is 0 Å². The minimum atomic E-state index is -2.30. The van der Waals surface area contributed by atoms with Gasteiger partial charge in [0.25, 0.3) is 0 Å². The Bertz CT molecular complexity index is 4430. The first kappa shape index (κ1) is 43.4. The third-order valence-electron chi connectivity index (χ3n) is 14.5. The molecule has 0 aliphatic heterocycles. The number of nitrogens with zero attached hydrogens (tertiary/aromatic N) is 4. The monoisotopic (exact) mass is 1520 g/mol. The number of benzene rings is 6. The van der Waals surface area contributed by atoms with Crippen molar-refractivity contribution in [3.63, 3.8) is 0 Å². The maximum atomic E-state index is 9.09. The van der Waals surface area contributed by atoms with Crippen LogP contribution in [0.2, 0.25) is 0 Å². The van der Waals surface area contributed by atoms with Gasteiger partial charge in [-0.1, -0.05) is 142 Å². The number of pyridine rings is 4. The summed E-state index contributed by atoms with van der Waals surface area (Å²) in [6, 6.07) is 53.2. The zero-order valence-electron chi connectivity index (χ0n) is 67.5. The molecule has 0 saturated heterocycles. The first-order valence-electron chi connectivity index (χ1n) is 37.7. The number of aryl methyl sites for hydroxylation is 6. The first-order valence-corrected chi connectivity index (χ1v) is 27.7. The fraction of sp³-hybridized carbons (Fsp3) is 0.263. The van der Waals surface area contributed by atoms with E-state index >= 15 is 0 Å². The second-order valence-corrected chi connectivity index (χ2v) is 19.9. The van der Waals surface area contributed by atoms with Crippen LogP contribution in [0, 0.1) is 59.3 Å². The largest absolute Gasteiger partial charge is 0.501 e. The number of para-hydroxylation sites is 3. The second kappa shape index (κ2) is 32.5. The molecule has 14 rings (SSSR count). The SMILES string of the molecule is CO.CO.[2H]C([2H])([2H])c1c[c-]c(-c2ccc(C([2H])([2H])[2H])cn2)cc1.[2H]C([2H])([2H])c1c[c-]c(-c2ccc(C([2H])([2H])[2H])cn2)cc1.[2H]C([2H])([2H])c1cnc(-c2[c-]ccc3c2oc2ccccc23)cc1C1([2H])CCCCC1.[2H]C([2H])([2H])c1cnc(-c2cccc3c2oc2ccccc23)cc1C1([2H])CCCCC1.[Ir].[Ir]. The van der Waals surface area contributed by atoms with E-state index in [0.29, 0.717) is 81.9 Å². The van der Waals surface area contributed by atoms with E-state index in [4.69, 9.17) is 46.5 Å². The smallest absolute Gasteiger partial charge is 0.144 e. The fourth-order valence-corrected chi connectivity index (χ4v) is 10.4. The molecule has 6 aromatic heterocycles. The molecule has 6 heterocycles. The van der Waals surface area contributed by atoms with E-state index in [1.165, 1.54) is 61.2 Å². The van der Waals surface area contributed by atoms with Gasteiger partial charge >= 0.3 is 0 Å². The number of hydrogen-bond acceptors (Lipinski definition) is 8. The van der Waals surface area contributed by atoms with E-state index in [1.807, 2.05) is 84.9 Å². The Kier molecular flexibility index (Phi) is 16.4. The van der Waals surface area contributed by atoms with Crippen molar-refractivity contribution in [3.8, 4) is 45.0 Å². The molecule has 0 spiro atoms. The molecule has 0 amide bonds. The molecule has 2 aliphatic carbocycles. The summed E-state index contributed by atoms with van der Waals surface area (Å²) in [4.78, 5) is 17.2. The summed E-state index contributed by atoms with van der Waals surface area (Å²) in [7, 11) is 2.00.